The second-order valence-electron chi connectivity index (χ2n) is 8.35. The van der Waals surface area contributed by atoms with Gasteiger partial charge in [-0.3, -0.25) is 0 Å². The molecule has 0 radical (unpaired) electrons. The van der Waals surface area contributed by atoms with Gasteiger partial charge in [0.05, 0.1) is 12.4 Å². The van der Waals surface area contributed by atoms with E-state index in [0.717, 1.165) is 0 Å². The van der Waals surface area contributed by atoms with Gasteiger partial charge in [-0.1, -0.05) is 90.4 Å². The molecule has 0 amide bonds. The molecule has 1 saturated carbocycles. The van der Waals surface area contributed by atoms with Crippen LogP contribution in [-0.2, 0) is 4.74 Å². The minimum Gasteiger partial charge on any atom is -0.498 e. The van der Waals surface area contributed by atoms with Crippen LogP contribution in [-0.4, -0.2) is 6.10 Å². The zero-order valence-electron chi connectivity index (χ0n) is 17.5. The van der Waals surface area contributed by atoms with Gasteiger partial charge in [-0.25, -0.2) is 0 Å². The SMILES string of the molecule is CCCCCCCCC/C(C)=C/OC1CCCCCCCCCCC1. The van der Waals surface area contributed by atoms with Crippen LogP contribution < -0.4 is 0 Å². The lowest BCUT2D eigenvalue weighted by Gasteiger charge is -2.18. The van der Waals surface area contributed by atoms with E-state index in [1.165, 1.54) is 128 Å². The van der Waals surface area contributed by atoms with Crippen molar-refractivity contribution >= 4 is 0 Å². The van der Waals surface area contributed by atoms with Crippen LogP contribution in [0.4, 0.5) is 0 Å². The van der Waals surface area contributed by atoms with Crippen molar-refractivity contribution in [1.82, 2.24) is 0 Å². The van der Waals surface area contributed by atoms with E-state index in [-0.39, 0.29) is 0 Å². The topological polar surface area (TPSA) is 9.23 Å². The van der Waals surface area contributed by atoms with Crippen LogP contribution in [0.5, 0.6) is 0 Å². The van der Waals surface area contributed by atoms with Gasteiger partial charge in [0.2, 0.25) is 0 Å². The first-order chi connectivity index (χ1) is 12.3. The van der Waals surface area contributed by atoms with Crippen molar-refractivity contribution in [2.45, 2.75) is 142 Å². The van der Waals surface area contributed by atoms with Crippen molar-refractivity contribution < 1.29 is 4.74 Å². The summed E-state index contributed by atoms with van der Waals surface area (Å²) in [6.45, 7) is 4.54. The Morgan fingerprint density at radius 2 is 1.20 bits per heavy atom. The van der Waals surface area contributed by atoms with Gasteiger partial charge in [0.25, 0.3) is 0 Å². The molecule has 0 spiro atoms. The second kappa shape index (κ2) is 17.0. The zero-order chi connectivity index (χ0) is 18.0. The van der Waals surface area contributed by atoms with Crippen LogP contribution in [0.1, 0.15) is 136 Å². The Labute approximate surface area is 159 Å². The Balaban J connectivity index is 2.15. The number of rotatable bonds is 10. The fourth-order valence-corrected chi connectivity index (χ4v) is 3.89. The standard InChI is InChI=1S/C24H46O/c1-3-4-5-6-10-13-16-19-23(2)22-25-24-20-17-14-11-8-7-9-12-15-18-21-24/h22,24H,3-21H2,1-2H3/b23-22+. The van der Waals surface area contributed by atoms with Crippen molar-refractivity contribution in [3.8, 4) is 0 Å². The Morgan fingerprint density at radius 3 is 1.76 bits per heavy atom. The largest absolute Gasteiger partial charge is 0.498 e. The minimum atomic E-state index is 0.475. The van der Waals surface area contributed by atoms with Crippen LogP contribution in [0.15, 0.2) is 11.8 Å². The summed E-state index contributed by atoms with van der Waals surface area (Å²) in [5, 5.41) is 0. The molecule has 1 aliphatic carbocycles. The molecule has 148 valence electrons. The van der Waals surface area contributed by atoms with E-state index in [9.17, 15) is 0 Å². The Hall–Kier alpha value is -0.460. The monoisotopic (exact) mass is 350 g/mol. The lowest BCUT2D eigenvalue weighted by atomic mass is 9.99. The van der Waals surface area contributed by atoms with Crippen LogP contribution in [0.25, 0.3) is 0 Å². The first-order valence-corrected chi connectivity index (χ1v) is 11.6. The molecule has 1 fully saturated rings. The van der Waals surface area contributed by atoms with Crippen LogP contribution in [0, 0.1) is 0 Å². The van der Waals surface area contributed by atoms with E-state index in [4.69, 9.17) is 4.74 Å². The Kier molecular flexibility index (Phi) is 15.3. The van der Waals surface area contributed by atoms with Crippen LogP contribution in [0.3, 0.4) is 0 Å². The molecule has 1 nitrogen and oxygen atoms in total. The average Bonchev–Trinajstić information content (AvgIpc) is 2.60. The molecule has 0 bridgehead atoms. The zero-order valence-corrected chi connectivity index (χ0v) is 17.5. The number of hydrogen-bond acceptors (Lipinski definition) is 1. The fourth-order valence-electron chi connectivity index (χ4n) is 3.89. The number of unbranched alkanes of at least 4 members (excludes halogenated alkanes) is 6. The van der Waals surface area contributed by atoms with Crippen molar-refractivity contribution in [1.29, 1.82) is 0 Å². The molecule has 1 heteroatoms. The predicted octanol–water partition coefficient (Wildman–Crippen LogP) is 8.72. The lowest BCUT2D eigenvalue weighted by Crippen LogP contribution is -2.10. The smallest absolute Gasteiger partial charge is 0.0978 e. The highest BCUT2D eigenvalue weighted by Crippen LogP contribution is 2.20. The third-order valence-corrected chi connectivity index (χ3v) is 5.69. The highest BCUT2D eigenvalue weighted by Gasteiger charge is 2.09. The van der Waals surface area contributed by atoms with Crippen LogP contribution in [0.2, 0.25) is 0 Å². The maximum absolute atomic E-state index is 6.20. The van der Waals surface area contributed by atoms with E-state index in [1.54, 1.807) is 0 Å². The minimum absolute atomic E-state index is 0.475. The number of ether oxygens (including phenoxy) is 1. The first kappa shape index (κ1) is 22.6. The van der Waals surface area contributed by atoms with Crippen molar-refractivity contribution in [2.75, 3.05) is 0 Å². The highest BCUT2D eigenvalue weighted by molar-refractivity contribution is 4.93. The summed E-state index contributed by atoms with van der Waals surface area (Å²) in [5.41, 5.74) is 1.44. The normalized spacial score (nSPS) is 19.2. The molecule has 1 aliphatic rings. The molecular formula is C24H46O. The Morgan fingerprint density at radius 1 is 0.720 bits per heavy atom. The maximum Gasteiger partial charge on any atom is 0.0978 e. The van der Waals surface area contributed by atoms with Gasteiger partial charge in [0.15, 0.2) is 0 Å². The van der Waals surface area contributed by atoms with Crippen molar-refractivity contribution in [3.63, 3.8) is 0 Å². The van der Waals surface area contributed by atoms with E-state index in [1.807, 2.05) is 0 Å². The molecule has 0 saturated heterocycles. The third kappa shape index (κ3) is 14.4. The number of hydrogen-bond donors (Lipinski definition) is 0. The molecule has 0 unspecified atom stereocenters. The second-order valence-corrected chi connectivity index (χ2v) is 8.35. The van der Waals surface area contributed by atoms with Gasteiger partial charge in [0, 0.05) is 0 Å². The van der Waals surface area contributed by atoms with Gasteiger partial charge in [-0.2, -0.15) is 0 Å². The summed E-state index contributed by atoms with van der Waals surface area (Å²) >= 11 is 0. The summed E-state index contributed by atoms with van der Waals surface area (Å²) in [5.74, 6) is 0. The molecule has 0 N–H and O–H groups in total. The molecule has 0 aromatic carbocycles. The quantitative estimate of drug-likeness (QED) is 0.283. The van der Waals surface area contributed by atoms with E-state index < -0.39 is 0 Å². The molecule has 0 heterocycles. The van der Waals surface area contributed by atoms with Gasteiger partial charge in [-0.05, 0) is 51.0 Å². The molecular weight excluding hydrogens is 304 g/mol. The molecule has 0 atom stereocenters. The number of allylic oxidation sites excluding steroid dienone is 1. The van der Waals surface area contributed by atoms with Gasteiger partial charge >= 0.3 is 0 Å². The highest BCUT2D eigenvalue weighted by atomic mass is 16.5. The summed E-state index contributed by atoms with van der Waals surface area (Å²) in [4.78, 5) is 0. The molecule has 0 aliphatic heterocycles. The fraction of sp³-hybridized carbons (Fsp3) is 0.917. The Bertz CT molecular complexity index is 295. The molecule has 0 aromatic heterocycles. The predicted molar refractivity (Wildman–Crippen MR) is 112 cm³/mol. The summed E-state index contributed by atoms with van der Waals surface area (Å²) in [6.07, 6.45) is 28.8. The maximum atomic E-state index is 6.20. The van der Waals surface area contributed by atoms with Gasteiger partial charge < -0.3 is 4.74 Å². The van der Waals surface area contributed by atoms with Crippen molar-refractivity contribution in [3.05, 3.63) is 11.8 Å². The molecule has 1 rings (SSSR count). The lowest BCUT2D eigenvalue weighted by molar-refractivity contribution is 0.118. The first-order valence-electron chi connectivity index (χ1n) is 11.6. The third-order valence-electron chi connectivity index (χ3n) is 5.69. The van der Waals surface area contributed by atoms with Crippen molar-refractivity contribution in [2.24, 2.45) is 0 Å². The molecule has 25 heavy (non-hydrogen) atoms. The van der Waals surface area contributed by atoms with E-state index in [0.29, 0.717) is 6.10 Å². The van der Waals surface area contributed by atoms with E-state index >= 15 is 0 Å². The van der Waals surface area contributed by atoms with E-state index in [2.05, 4.69) is 20.1 Å². The summed E-state index contributed by atoms with van der Waals surface area (Å²) < 4.78 is 6.20. The average molecular weight is 351 g/mol. The van der Waals surface area contributed by atoms with Gasteiger partial charge in [0.1, 0.15) is 0 Å². The van der Waals surface area contributed by atoms with Crippen LogP contribution >= 0.6 is 0 Å². The van der Waals surface area contributed by atoms with Gasteiger partial charge in [-0.15, -0.1) is 0 Å². The molecule has 0 aromatic rings. The summed E-state index contributed by atoms with van der Waals surface area (Å²) in [6, 6.07) is 0. The summed E-state index contributed by atoms with van der Waals surface area (Å²) in [7, 11) is 0.